The molecule has 2 aromatic rings. The summed E-state index contributed by atoms with van der Waals surface area (Å²) in [5.41, 5.74) is -1.00. The topological polar surface area (TPSA) is 33.1 Å². The van der Waals surface area contributed by atoms with Gasteiger partial charge in [0.25, 0.3) is 0 Å². The molecule has 1 unspecified atom stereocenters. The van der Waals surface area contributed by atoms with Crippen LogP contribution in [0, 0.1) is 0 Å². The average molecular weight is 357 g/mol. The molecular formula is C13H7Cl3F3NO. The summed E-state index contributed by atoms with van der Waals surface area (Å²) in [4.78, 5) is 3.24. The van der Waals surface area contributed by atoms with Crippen LogP contribution in [0.5, 0.6) is 0 Å². The van der Waals surface area contributed by atoms with E-state index in [-0.39, 0.29) is 21.2 Å². The summed E-state index contributed by atoms with van der Waals surface area (Å²) in [6.45, 7) is 0. The number of pyridine rings is 1. The predicted molar refractivity (Wildman–Crippen MR) is 74.8 cm³/mol. The Kier molecular flexibility index (Phi) is 4.68. The van der Waals surface area contributed by atoms with Gasteiger partial charge in [-0.1, -0.05) is 46.9 Å². The number of hydrogen-bond donors (Lipinski definition) is 1. The standard InChI is InChI=1S/C13H7Cl3F3NO/c14-7-2-1-3-8(15)10(7)11(21)6-4-5-9(13(17,18)19)20-12(6)16/h1-5,11,21H. The number of aromatic nitrogens is 1. The van der Waals surface area contributed by atoms with Gasteiger partial charge >= 0.3 is 6.18 Å². The molecule has 1 aromatic heterocycles. The zero-order valence-electron chi connectivity index (χ0n) is 10.1. The second kappa shape index (κ2) is 6.01. The predicted octanol–water partition coefficient (Wildman–Crippen LogP) is 5.14. The Morgan fingerprint density at radius 1 is 1.00 bits per heavy atom. The van der Waals surface area contributed by atoms with Crippen molar-refractivity contribution in [2.75, 3.05) is 0 Å². The van der Waals surface area contributed by atoms with E-state index in [0.717, 1.165) is 12.1 Å². The van der Waals surface area contributed by atoms with Crippen molar-refractivity contribution in [3.05, 3.63) is 62.4 Å². The molecule has 1 atom stereocenters. The summed E-state index contributed by atoms with van der Waals surface area (Å²) in [7, 11) is 0. The van der Waals surface area contributed by atoms with Gasteiger partial charge in [0.05, 0.1) is 0 Å². The van der Waals surface area contributed by atoms with Crippen LogP contribution in [-0.2, 0) is 6.18 Å². The molecule has 0 aliphatic carbocycles. The maximum absolute atomic E-state index is 12.5. The summed E-state index contributed by atoms with van der Waals surface area (Å²) in [5, 5.41) is 10.1. The molecule has 112 valence electrons. The Hall–Kier alpha value is -1.01. The van der Waals surface area contributed by atoms with Gasteiger partial charge in [-0.3, -0.25) is 0 Å². The molecule has 8 heteroatoms. The third-order valence-electron chi connectivity index (χ3n) is 2.74. The summed E-state index contributed by atoms with van der Waals surface area (Å²) >= 11 is 17.6. The molecule has 0 aliphatic rings. The summed E-state index contributed by atoms with van der Waals surface area (Å²) in [6.07, 6.45) is -6.00. The minimum atomic E-state index is -4.62. The van der Waals surface area contributed by atoms with Gasteiger partial charge in [-0.15, -0.1) is 0 Å². The van der Waals surface area contributed by atoms with Crippen LogP contribution in [0.15, 0.2) is 30.3 Å². The van der Waals surface area contributed by atoms with Gasteiger partial charge in [0.1, 0.15) is 17.0 Å². The molecule has 21 heavy (non-hydrogen) atoms. The smallest absolute Gasteiger partial charge is 0.383 e. The lowest BCUT2D eigenvalue weighted by Crippen LogP contribution is -2.10. The monoisotopic (exact) mass is 355 g/mol. The van der Waals surface area contributed by atoms with Crippen molar-refractivity contribution in [2.45, 2.75) is 12.3 Å². The molecule has 0 fully saturated rings. The van der Waals surface area contributed by atoms with E-state index in [0.29, 0.717) is 0 Å². The Bertz CT molecular complexity index is 656. The fourth-order valence-electron chi connectivity index (χ4n) is 1.73. The first-order valence-corrected chi connectivity index (χ1v) is 6.71. The number of benzene rings is 1. The second-order valence-corrected chi connectivity index (χ2v) is 5.28. The zero-order chi connectivity index (χ0) is 15.8. The summed E-state index contributed by atoms with van der Waals surface area (Å²) in [6, 6.07) is 6.35. The first-order chi connectivity index (χ1) is 9.71. The number of halogens is 6. The van der Waals surface area contributed by atoms with E-state index in [1.807, 2.05) is 0 Å². The molecule has 1 N–H and O–H groups in total. The minimum Gasteiger partial charge on any atom is -0.383 e. The minimum absolute atomic E-state index is 0.0142. The number of aliphatic hydroxyl groups is 1. The Balaban J connectivity index is 2.47. The summed E-state index contributed by atoms with van der Waals surface area (Å²) < 4.78 is 37.6. The van der Waals surface area contributed by atoms with Crippen molar-refractivity contribution < 1.29 is 18.3 Å². The molecule has 0 radical (unpaired) electrons. The SMILES string of the molecule is OC(c1ccc(C(F)(F)F)nc1Cl)c1c(Cl)cccc1Cl. The van der Waals surface area contributed by atoms with Crippen molar-refractivity contribution in [1.82, 2.24) is 4.98 Å². The number of rotatable bonds is 2. The van der Waals surface area contributed by atoms with E-state index < -0.39 is 23.1 Å². The van der Waals surface area contributed by atoms with Crippen LogP contribution in [0.2, 0.25) is 15.2 Å². The van der Waals surface area contributed by atoms with Crippen LogP contribution in [0.4, 0.5) is 13.2 Å². The van der Waals surface area contributed by atoms with Crippen LogP contribution < -0.4 is 0 Å². The third kappa shape index (κ3) is 3.43. The Labute approximate surface area is 133 Å². The van der Waals surface area contributed by atoms with Crippen LogP contribution in [-0.4, -0.2) is 10.1 Å². The molecule has 2 nitrogen and oxygen atoms in total. The second-order valence-electron chi connectivity index (χ2n) is 4.11. The van der Waals surface area contributed by atoms with Crippen molar-refractivity contribution in [2.24, 2.45) is 0 Å². The largest absolute Gasteiger partial charge is 0.433 e. The highest BCUT2D eigenvalue weighted by Gasteiger charge is 2.33. The molecule has 0 aliphatic heterocycles. The van der Waals surface area contributed by atoms with E-state index >= 15 is 0 Å². The number of aliphatic hydroxyl groups excluding tert-OH is 1. The van der Waals surface area contributed by atoms with Crippen molar-refractivity contribution in [1.29, 1.82) is 0 Å². The number of alkyl halides is 3. The van der Waals surface area contributed by atoms with Gasteiger partial charge in [-0.05, 0) is 18.2 Å². The molecule has 0 spiro atoms. The highest BCUT2D eigenvalue weighted by atomic mass is 35.5. The highest BCUT2D eigenvalue weighted by Crippen LogP contribution is 2.37. The molecule has 1 aromatic carbocycles. The van der Waals surface area contributed by atoms with Gasteiger partial charge in [0.15, 0.2) is 0 Å². The Morgan fingerprint density at radius 2 is 1.57 bits per heavy atom. The van der Waals surface area contributed by atoms with Gasteiger partial charge in [-0.25, -0.2) is 4.98 Å². The molecule has 0 bridgehead atoms. The van der Waals surface area contributed by atoms with Crippen molar-refractivity contribution >= 4 is 34.8 Å². The number of hydrogen-bond acceptors (Lipinski definition) is 2. The fourth-order valence-corrected chi connectivity index (χ4v) is 2.60. The molecule has 0 amide bonds. The highest BCUT2D eigenvalue weighted by molar-refractivity contribution is 6.36. The first-order valence-electron chi connectivity index (χ1n) is 5.57. The van der Waals surface area contributed by atoms with E-state index in [1.165, 1.54) is 12.1 Å². The lowest BCUT2D eigenvalue weighted by molar-refractivity contribution is -0.141. The zero-order valence-corrected chi connectivity index (χ0v) is 12.4. The van der Waals surface area contributed by atoms with E-state index in [2.05, 4.69) is 4.98 Å². The Morgan fingerprint density at radius 3 is 2.05 bits per heavy atom. The van der Waals surface area contributed by atoms with E-state index in [9.17, 15) is 18.3 Å². The van der Waals surface area contributed by atoms with Crippen LogP contribution >= 0.6 is 34.8 Å². The summed E-state index contributed by atoms with van der Waals surface area (Å²) in [5.74, 6) is 0. The number of nitrogens with zero attached hydrogens (tertiary/aromatic N) is 1. The van der Waals surface area contributed by atoms with E-state index in [4.69, 9.17) is 34.8 Å². The quantitative estimate of drug-likeness (QED) is 0.756. The van der Waals surface area contributed by atoms with Gasteiger partial charge in [-0.2, -0.15) is 13.2 Å². The fraction of sp³-hybridized carbons (Fsp3) is 0.154. The van der Waals surface area contributed by atoms with Gasteiger partial charge < -0.3 is 5.11 Å². The molecule has 2 rings (SSSR count). The van der Waals surface area contributed by atoms with Gasteiger partial charge in [0.2, 0.25) is 0 Å². The molecule has 0 saturated carbocycles. The van der Waals surface area contributed by atoms with E-state index in [1.54, 1.807) is 6.07 Å². The first kappa shape index (κ1) is 16.4. The molecular weight excluding hydrogens is 350 g/mol. The van der Waals surface area contributed by atoms with Crippen LogP contribution in [0.1, 0.15) is 22.9 Å². The van der Waals surface area contributed by atoms with Crippen LogP contribution in [0.3, 0.4) is 0 Å². The molecule has 1 heterocycles. The van der Waals surface area contributed by atoms with Crippen molar-refractivity contribution in [3.63, 3.8) is 0 Å². The molecule has 0 saturated heterocycles. The lowest BCUT2D eigenvalue weighted by Gasteiger charge is -2.16. The van der Waals surface area contributed by atoms with Crippen molar-refractivity contribution in [3.8, 4) is 0 Å². The normalized spacial score (nSPS) is 13.3. The maximum Gasteiger partial charge on any atom is 0.433 e. The third-order valence-corrected chi connectivity index (χ3v) is 3.70. The lowest BCUT2D eigenvalue weighted by atomic mass is 10.0. The average Bonchev–Trinajstić information content (AvgIpc) is 2.37. The maximum atomic E-state index is 12.5. The van der Waals surface area contributed by atoms with Gasteiger partial charge in [0, 0.05) is 21.2 Å². The van der Waals surface area contributed by atoms with Crippen LogP contribution in [0.25, 0.3) is 0 Å².